The largest absolute Gasteiger partial charge is 0.494 e. The number of carbonyl (C=O) groups is 1. The molecule has 128 valence electrons. The molecule has 0 bridgehead atoms. The van der Waals surface area contributed by atoms with Gasteiger partial charge in [0.05, 0.1) is 7.11 Å². The van der Waals surface area contributed by atoms with E-state index in [2.05, 4.69) is 9.55 Å². The molecule has 0 saturated carbocycles. The monoisotopic (exact) mass is 331 g/mol. The molecule has 0 spiro atoms. The van der Waals surface area contributed by atoms with Crippen LogP contribution in [0.4, 0.5) is 4.39 Å². The second kappa shape index (κ2) is 7.03. The predicted molar refractivity (Wildman–Crippen MR) is 88.5 cm³/mol. The summed E-state index contributed by atoms with van der Waals surface area (Å²) in [4.78, 5) is 18.7. The third kappa shape index (κ3) is 3.42. The van der Waals surface area contributed by atoms with Crippen LogP contribution < -0.4 is 4.74 Å². The normalized spacial score (nSPS) is 17.8. The fourth-order valence-corrected chi connectivity index (χ4v) is 3.26. The third-order valence-corrected chi connectivity index (χ3v) is 4.58. The molecule has 1 atom stereocenters. The molecule has 3 rings (SSSR count). The topological polar surface area (TPSA) is 47.4 Å². The summed E-state index contributed by atoms with van der Waals surface area (Å²) in [5.41, 5.74) is 0.368. The van der Waals surface area contributed by atoms with Crippen molar-refractivity contribution >= 4 is 5.91 Å². The Labute approximate surface area is 141 Å². The molecule has 0 aliphatic carbocycles. The molecule has 1 aromatic carbocycles. The molecule has 1 aliphatic rings. The van der Waals surface area contributed by atoms with Crippen molar-refractivity contribution in [3.63, 3.8) is 0 Å². The molecular weight excluding hydrogens is 309 g/mol. The lowest BCUT2D eigenvalue weighted by Gasteiger charge is -2.33. The minimum atomic E-state index is -0.508. The highest BCUT2D eigenvalue weighted by atomic mass is 19.1. The van der Waals surface area contributed by atoms with E-state index in [0.29, 0.717) is 24.6 Å². The Morgan fingerprint density at radius 2 is 2.29 bits per heavy atom. The van der Waals surface area contributed by atoms with Gasteiger partial charge in [0, 0.05) is 37.6 Å². The number of aromatic nitrogens is 2. The van der Waals surface area contributed by atoms with Crippen molar-refractivity contribution < 1.29 is 13.9 Å². The van der Waals surface area contributed by atoms with Gasteiger partial charge in [-0.1, -0.05) is 0 Å². The van der Waals surface area contributed by atoms with Gasteiger partial charge in [0.2, 0.25) is 0 Å². The van der Waals surface area contributed by atoms with Gasteiger partial charge in [0.15, 0.2) is 11.6 Å². The van der Waals surface area contributed by atoms with Crippen LogP contribution in [0, 0.1) is 18.7 Å². The molecule has 2 heterocycles. The summed E-state index contributed by atoms with van der Waals surface area (Å²) in [6, 6.07) is 4.37. The summed E-state index contributed by atoms with van der Waals surface area (Å²) in [6.07, 6.45) is 5.80. The fourth-order valence-electron chi connectivity index (χ4n) is 3.26. The van der Waals surface area contributed by atoms with Gasteiger partial charge in [-0.2, -0.15) is 0 Å². The molecule has 1 aliphatic heterocycles. The minimum Gasteiger partial charge on any atom is -0.494 e. The summed E-state index contributed by atoms with van der Waals surface area (Å²) in [6.45, 7) is 4.23. The van der Waals surface area contributed by atoms with Gasteiger partial charge in [0.25, 0.3) is 5.91 Å². The molecule has 0 radical (unpaired) electrons. The molecular formula is C18H22FN3O2. The number of methoxy groups -OCH3 is 1. The summed E-state index contributed by atoms with van der Waals surface area (Å²) in [7, 11) is 1.41. The summed E-state index contributed by atoms with van der Waals surface area (Å²) in [5.74, 6) is 0.891. The number of aryl methyl sites for hydroxylation is 1. The third-order valence-electron chi connectivity index (χ3n) is 4.58. The maximum atomic E-state index is 13.8. The first-order valence-corrected chi connectivity index (χ1v) is 8.19. The second-order valence-corrected chi connectivity index (χ2v) is 6.24. The first-order chi connectivity index (χ1) is 11.6. The lowest BCUT2D eigenvalue weighted by Crippen LogP contribution is -2.41. The number of likely N-dealkylation sites (tertiary alicyclic amines) is 1. The van der Waals surface area contributed by atoms with Crippen molar-refractivity contribution in [1.29, 1.82) is 0 Å². The SMILES string of the molecule is COc1ccc(C(=O)N2CCC[C@H](Cn3ccnc3C)C2)cc1F. The molecule has 1 aromatic heterocycles. The number of piperidine rings is 1. The van der Waals surface area contributed by atoms with Gasteiger partial charge < -0.3 is 14.2 Å². The highest BCUT2D eigenvalue weighted by molar-refractivity contribution is 5.94. The van der Waals surface area contributed by atoms with Crippen LogP contribution in [-0.2, 0) is 6.54 Å². The number of benzene rings is 1. The number of imidazole rings is 1. The lowest BCUT2D eigenvalue weighted by molar-refractivity contribution is 0.0661. The average Bonchev–Trinajstić information content (AvgIpc) is 2.99. The molecule has 2 aromatic rings. The lowest BCUT2D eigenvalue weighted by atomic mass is 9.97. The molecule has 6 heteroatoms. The Bertz CT molecular complexity index is 729. The van der Waals surface area contributed by atoms with Crippen LogP contribution in [0.1, 0.15) is 29.0 Å². The van der Waals surface area contributed by atoms with Gasteiger partial charge in [-0.15, -0.1) is 0 Å². The van der Waals surface area contributed by atoms with Crippen molar-refractivity contribution in [2.45, 2.75) is 26.3 Å². The first kappa shape index (κ1) is 16.5. The Morgan fingerprint density at radius 1 is 1.46 bits per heavy atom. The number of rotatable bonds is 4. The smallest absolute Gasteiger partial charge is 0.253 e. The van der Waals surface area contributed by atoms with Crippen molar-refractivity contribution in [2.75, 3.05) is 20.2 Å². The van der Waals surface area contributed by atoms with E-state index in [4.69, 9.17) is 4.74 Å². The highest BCUT2D eigenvalue weighted by Gasteiger charge is 2.25. The molecule has 0 unspecified atom stereocenters. The first-order valence-electron chi connectivity index (χ1n) is 8.19. The van der Waals surface area contributed by atoms with Crippen LogP contribution in [0.25, 0.3) is 0 Å². The van der Waals surface area contributed by atoms with E-state index in [1.165, 1.54) is 19.2 Å². The van der Waals surface area contributed by atoms with E-state index < -0.39 is 5.82 Å². The van der Waals surface area contributed by atoms with Crippen LogP contribution in [-0.4, -0.2) is 40.6 Å². The van der Waals surface area contributed by atoms with E-state index >= 15 is 0 Å². The Balaban J connectivity index is 1.68. The van der Waals surface area contributed by atoms with Gasteiger partial charge >= 0.3 is 0 Å². The zero-order valence-corrected chi connectivity index (χ0v) is 14.0. The number of carbonyl (C=O) groups excluding carboxylic acids is 1. The number of hydrogen-bond donors (Lipinski definition) is 0. The van der Waals surface area contributed by atoms with E-state index in [-0.39, 0.29) is 11.7 Å². The number of hydrogen-bond acceptors (Lipinski definition) is 3. The standard InChI is InChI=1S/C18H22FN3O2/c1-13-20-7-9-21(13)11-14-4-3-8-22(12-14)18(23)15-5-6-17(24-2)16(19)10-15/h5-7,9-10,14H,3-4,8,11-12H2,1-2H3/t14-/m1/s1. The Kier molecular flexibility index (Phi) is 4.83. The number of amides is 1. The Morgan fingerprint density at radius 3 is 2.96 bits per heavy atom. The molecule has 0 N–H and O–H groups in total. The van der Waals surface area contributed by atoms with E-state index in [1.54, 1.807) is 12.3 Å². The maximum absolute atomic E-state index is 13.8. The zero-order valence-electron chi connectivity index (χ0n) is 14.0. The predicted octanol–water partition coefficient (Wildman–Crippen LogP) is 2.89. The quantitative estimate of drug-likeness (QED) is 0.865. The van der Waals surface area contributed by atoms with Gasteiger partial charge in [-0.05, 0) is 43.9 Å². The fraction of sp³-hybridized carbons (Fsp3) is 0.444. The van der Waals surface area contributed by atoms with Crippen LogP contribution in [0.5, 0.6) is 5.75 Å². The molecule has 5 nitrogen and oxygen atoms in total. The summed E-state index contributed by atoms with van der Waals surface area (Å²) < 4.78 is 20.9. The van der Waals surface area contributed by atoms with Crippen molar-refractivity contribution in [1.82, 2.24) is 14.5 Å². The highest BCUT2D eigenvalue weighted by Crippen LogP contribution is 2.23. The molecule has 1 amide bonds. The van der Waals surface area contributed by atoms with E-state index in [0.717, 1.165) is 25.2 Å². The average molecular weight is 331 g/mol. The number of halogens is 1. The van der Waals surface area contributed by atoms with Crippen LogP contribution in [0.3, 0.4) is 0 Å². The molecule has 1 saturated heterocycles. The second-order valence-electron chi connectivity index (χ2n) is 6.24. The number of ether oxygens (including phenoxy) is 1. The van der Waals surface area contributed by atoms with E-state index in [1.807, 2.05) is 18.0 Å². The van der Waals surface area contributed by atoms with Crippen LogP contribution >= 0.6 is 0 Å². The Hall–Kier alpha value is -2.37. The summed E-state index contributed by atoms with van der Waals surface area (Å²) in [5, 5.41) is 0. The van der Waals surface area contributed by atoms with Gasteiger partial charge in [-0.25, -0.2) is 9.37 Å². The summed E-state index contributed by atoms with van der Waals surface area (Å²) >= 11 is 0. The number of nitrogens with zero attached hydrogens (tertiary/aromatic N) is 3. The van der Waals surface area contributed by atoms with Crippen molar-refractivity contribution in [3.8, 4) is 5.75 Å². The van der Waals surface area contributed by atoms with Crippen LogP contribution in [0.15, 0.2) is 30.6 Å². The van der Waals surface area contributed by atoms with Crippen molar-refractivity contribution in [2.24, 2.45) is 5.92 Å². The minimum absolute atomic E-state index is 0.122. The maximum Gasteiger partial charge on any atom is 0.253 e. The molecule has 1 fully saturated rings. The van der Waals surface area contributed by atoms with Gasteiger partial charge in [-0.3, -0.25) is 4.79 Å². The van der Waals surface area contributed by atoms with E-state index in [9.17, 15) is 9.18 Å². The molecule has 24 heavy (non-hydrogen) atoms. The van der Waals surface area contributed by atoms with Crippen LogP contribution in [0.2, 0.25) is 0 Å². The zero-order chi connectivity index (χ0) is 17.1. The van der Waals surface area contributed by atoms with Crippen molar-refractivity contribution in [3.05, 3.63) is 47.8 Å². The van der Waals surface area contributed by atoms with Gasteiger partial charge in [0.1, 0.15) is 5.82 Å².